The monoisotopic (exact) mass is 276 g/mol. The van der Waals surface area contributed by atoms with E-state index in [4.69, 9.17) is 4.74 Å². The molecule has 0 aromatic rings. The Morgan fingerprint density at radius 1 is 1.29 bits per heavy atom. The fraction of sp³-hybridized carbons (Fsp3) is 0.917. The molecule has 5 heteroatoms. The topological polar surface area (TPSA) is 46.5 Å². The zero-order valence-electron chi connectivity index (χ0n) is 10.2. The normalized spacial score (nSPS) is 38.0. The fourth-order valence-corrected chi connectivity index (χ4v) is 5.47. The Kier molecular flexibility index (Phi) is 4.31. The van der Waals surface area contributed by atoms with E-state index in [1.807, 2.05) is 6.92 Å². The van der Waals surface area contributed by atoms with Gasteiger partial charge >= 0.3 is 5.97 Å². The summed E-state index contributed by atoms with van der Waals surface area (Å²) in [7, 11) is 0. The molecule has 3 nitrogen and oxygen atoms in total. The molecule has 2 aliphatic heterocycles. The van der Waals surface area contributed by atoms with Gasteiger partial charge in [-0.25, -0.2) is 0 Å². The molecule has 0 radical (unpaired) electrons. The number of thioether (sulfide) groups is 2. The summed E-state index contributed by atoms with van der Waals surface area (Å²) in [6, 6.07) is 0. The lowest BCUT2D eigenvalue weighted by atomic mass is 9.69. The standard InChI is InChI=1S/C12H20O3S2/c1-2-15-10(13)11(4-3-6-16-8-11)12(14)5-7-17-9-12/h14H,2-9H2,1H3. The molecule has 98 valence electrons. The molecule has 0 spiro atoms. The molecule has 0 amide bonds. The van der Waals surface area contributed by atoms with Crippen LogP contribution in [-0.2, 0) is 9.53 Å². The van der Waals surface area contributed by atoms with Crippen LogP contribution in [0, 0.1) is 5.41 Å². The second kappa shape index (κ2) is 5.41. The molecule has 0 aromatic carbocycles. The second-order valence-corrected chi connectivity index (χ2v) is 7.00. The lowest BCUT2D eigenvalue weighted by Crippen LogP contribution is -2.57. The number of rotatable bonds is 3. The van der Waals surface area contributed by atoms with Gasteiger partial charge < -0.3 is 9.84 Å². The van der Waals surface area contributed by atoms with Crippen molar-refractivity contribution < 1.29 is 14.6 Å². The lowest BCUT2D eigenvalue weighted by molar-refractivity contribution is -0.171. The Morgan fingerprint density at radius 3 is 2.59 bits per heavy atom. The minimum Gasteiger partial charge on any atom is -0.465 e. The van der Waals surface area contributed by atoms with Gasteiger partial charge in [-0.05, 0) is 37.7 Å². The molecular formula is C12H20O3S2. The van der Waals surface area contributed by atoms with Crippen LogP contribution in [0.5, 0.6) is 0 Å². The van der Waals surface area contributed by atoms with Crippen LogP contribution >= 0.6 is 23.5 Å². The van der Waals surface area contributed by atoms with Gasteiger partial charge in [0.05, 0.1) is 12.2 Å². The molecule has 2 rings (SSSR count). The van der Waals surface area contributed by atoms with Crippen molar-refractivity contribution in [2.24, 2.45) is 5.41 Å². The molecular weight excluding hydrogens is 256 g/mol. The predicted molar refractivity (Wildman–Crippen MR) is 72.5 cm³/mol. The number of aliphatic hydroxyl groups is 1. The lowest BCUT2D eigenvalue weighted by Gasteiger charge is -2.44. The molecule has 2 unspecified atom stereocenters. The highest BCUT2D eigenvalue weighted by molar-refractivity contribution is 7.99. The smallest absolute Gasteiger partial charge is 0.315 e. The van der Waals surface area contributed by atoms with Crippen molar-refractivity contribution in [1.82, 2.24) is 0 Å². The Morgan fingerprint density at radius 2 is 2.06 bits per heavy atom. The first-order valence-corrected chi connectivity index (χ1v) is 8.51. The van der Waals surface area contributed by atoms with E-state index in [2.05, 4.69) is 0 Å². The van der Waals surface area contributed by atoms with Gasteiger partial charge in [0.25, 0.3) is 0 Å². The van der Waals surface area contributed by atoms with Crippen molar-refractivity contribution >= 4 is 29.5 Å². The van der Waals surface area contributed by atoms with Gasteiger partial charge in [0.2, 0.25) is 0 Å². The van der Waals surface area contributed by atoms with Gasteiger partial charge in [-0.2, -0.15) is 23.5 Å². The Labute approximate surface area is 111 Å². The Balaban J connectivity index is 2.25. The molecule has 2 heterocycles. The first-order valence-electron chi connectivity index (χ1n) is 6.20. The largest absolute Gasteiger partial charge is 0.465 e. The van der Waals surface area contributed by atoms with E-state index < -0.39 is 11.0 Å². The zero-order valence-corrected chi connectivity index (χ0v) is 11.9. The van der Waals surface area contributed by atoms with Crippen molar-refractivity contribution in [2.75, 3.05) is 29.6 Å². The molecule has 0 aliphatic carbocycles. The summed E-state index contributed by atoms with van der Waals surface area (Å²) in [6.45, 7) is 2.23. The van der Waals surface area contributed by atoms with Gasteiger partial charge in [-0.1, -0.05) is 0 Å². The number of ether oxygens (including phenoxy) is 1. The summed E-state index contributed by atoms with van der Waals surface area (Å²) >= 11 is 3.51. The molecule has 2 fully saturated rings. The molecule has 2 aliphatic rings. The highest BCUT2D eigenvalue weighted by Gasteiger charge is 2.58. The molecule has 0 bridgehead atoms. The third-order valence-electron chi connectivity index (χ3n) is 3.80. The molecule has 1 N–H and O–H groups in total. The second-order valence-electron chi connectivity index (χ2n) is 4.79. The van der Waals surface area contributed by atoms with Crippen LogP contribution in [0.2, 0.25) is 0 Å². The van der Waals surface area contributed by atoms with E-state index in [-0.39, 0.29) is 5.97 Å². The third kappa shape index (κ3) is 2.34. The van der Waals surface area contributed by atoms with Crippen molar-refractivity contribution in [3.05, 3.63) is 0 Å². The van der Waals surface area contributed by atoms with Crippen LogP contribution in [-0.4, -0.2) is 46.3 Å². The molecule has 17 heavy (non-hydrogen) atoms. The SMILES string of the molecule is CCOC(=O)C1(C2(O)CCSC2)CCCSC1. The summed E-state index contributed by atoms with van der Waals surface area (Å²) in [5.74, 6) is 3.24. The van der Waals surface area contributed by atoms with E-state index in [1.165, 1.54) is 0 Å². The van der Waals surface area contributed by atoms with Crippen molar-refractivity contribution in [3.63, 3.8) is 0 Å². The number of esters is 1. The summed E-state index contributed by atoms with van der Waals surface area (Å²) < 4.78 is 5.24. The van der Waals surface area contributed by atoms with E-state index in [0.717, 1.165) is 30.8 Å². The van der Waals surface area contributed by atoms with Gasteiger partial charge in [-0.15, -0.1) is 0 Å². The van der Waals surface area contributed by atoms with Crippen LogP contribution in [0.15, 0.2) is 0 Å². The van der Waals surface area contributed by atoms with Crippen molar-refractivity contribution in [2.45, 2.75) is 31.8 Å². The highest BCUT2D eigenvalue weighted by Crippen LogP contribution is 2.50. The maximum atomic E-state index is 12.3. The molecule has 0 aromatic heterocycles. The average Bonchev–Trinajstić information content (AvgIpc) is 2.79. The van der Waals surface area contributed by atoms with Gasteiger partial charge in [0.15, 0.2) is 0 Å². The van der Waals surface area contributed by atoms with Gasteiger partial charge in [0.1, 0.15) is 5.41 Å². The molecule has 0 saturated carbocycles. The van der Waals surface area contributed by atoms with Crippen LogP contribution < -0.4 is 0 Å². The number of hydrogen-bond acceptors (Lipinski definition) is 5. The minimum absolute atomic E-state index is 0.183. The van der Waals surface area contributed by atoms with E-state index >= 15 is 0 Å². The van der Waals surface area contributed by atoms with Crippen LogP contribution in [0.1, 0.15) is 26.2 Å². The minimum atomic E-state index is -0.850. The summed E-state index contributed by atoms with van der Waals surface area (Å²) in [4.78, 5) is 12.3. The summed E-state index contributed by atoms with van der Waals surface area (Å²) in [5, 5.41) is 10.8. The van der Waals surface area contributed by atoms with Gasteiger partial charge in [-0.3, -0.25) is 4.79 Å². The molecule has 2 saturated heterocycles. The van der Waals surface area contributed by atoms with Crippen LogP contribution in [0.4, 0.5) is 0 Å². The Bertz CT molecular complexity index is 281. The highest BCUT2D eigenvalue weighted by atomic mass is 32.2. The predicted octanol–water partition coefficient (Wildman–Crippen LogP) is 1.93. The van der Waals surface area contributed by atoms with Gasteiger partial charge in [0, 0.05) is 11.5 Å². The van der Waals surface area contributed by atoms with E-state index in [1.54, 1.807) is 23.5 Å². The van der Waals surface area contributed by atoms with Crippen LogP contribution in [0.3, 0.4) is 0 Å². The van der Waals surface area contributed by atoms with Crippen molar-refractivity contribution in [3.8, 4) is 0 Å². The average molecular weight is 276 g/mol. The third-order valence-corrected chi connectivity index (χ3v) is 6.25. The van der Waals surface area contributed by atoms with E-state index in [9.17, 15) is 9.90 Å². The first kappa shape index (κ1) is 13.6. The molecule has 2 atom stereocenters. The number of carbonyl (C=O) groups is 1. The number of hydrogen-bond donors (Lipinski definition) is 1. The summed E-state index contributed by atoms with van der Waals surface area (Å²) in [5.41, 5.74) is -1.51. The first-order chi connectivity index (χ1) is 8.15. The maximum Gasteiger partial charge on any atom is 0.315 e. The maximum absolute atomic E-state index is 12.3. The Hall–Kier alpha value is 0.130. The zero-order chi connectivity index (χ0) is 12.4. The van der Waals surface area contributed by atoms with E-state index in [0.29, 0.717) is 18.1 Å². The quantitative estimate of drug-likeness (QED) is 0.798. The number of carbonyl (C=O) groups excluding carboxylic acids is 1. The fourth-order valence-electron chi connectivity index (χ4n) is 2.71. The van der Waals surface area contributed by atoms with Crippen LogP contribution in [0.25, 0.3) is 0 Å². The summed E-state index contributed by atoms with van der Waals surface area (Å²) in [6.07, 6.45) is 2.49. The van der Waals surface area contributed by atoms with Crippen molar-refractivity contribution in [1.29, 1.82) is 0 Å².